The van der Waals surface area contributed by atoms with Gasteiger partial charge in [0, 0.05) is 38.1 Å². The molecule has 132 valence electrons. The number of amides is 2. The molecule has 0 saturated carbocycles. The van der Waals surface area contributed by atoms with E-state index < -0.39 is 8.07 Å². The van der Waals surface area contributed by atoms with Gasteiger partial charge in [-0.2, -0.15) is 0 Å². The lowest BCUT2D eigenvalue weighted by molar-refractivity contribution is 0.208. The van der Waals surface area contributed by atoms with E-state index in [1.807, 2.05) is 35.2 Å². The molecule has 1 saturated heterocycles. The number of hydrogen-bond donors (Lipinski definition) is 1. The maximum absolute atomic E-state index is 12.5. The van der Waals surface area contributed by atoms with Crippen LogP contribution in [-0.4, -0.2) is 50.2 Å². The number of aromatic nitrogens is 1. The molecule has 2 heterocycles. The number of pyridine rings is 1. The van der Waals surface area contributed by atoms with Crippen molar-refractivity contribution in [2.75, 3.05) is 36.4 Å². The van der Waals surface area contributed by atoms with Gasteiger partial charge in [0.1, 0.15) is 5.82 Å². The molecule has 0 aliphatic carbocycles. The van der Waals surface area contributed by atoms with E-state index >= 15 is 0 Å². The third-order valence-corrected chi connectivity index (χ3v) is 6.61. The van der Waals surface area contributed by atoms with E-state index in [9.17, 15) is 4.79 Å². The average Bonchev–Trinajstić information content (AvgIpc) is 2.62. The molecule has 1 aliphatic heterocycles. The van der Waals surface area contributed by atoms with E-state index in [1.165, 1.54) is 5.19 Å². The predicted octanol–water partition coefficient (Wildman–Crippen LogP) is 2.98. The van der Waals surface area contributed by atoms with Crippen molar-refractivity contribution in [1.82, 2.24) is 9.88 Å². The number of rotatable bonds is 3. The van der Waals surface area contributed by atoms with Crippen molar-refractivity contribution in [2.24, 2.45) is 0 Å². The van der Waals surface area contributed by atoms with Crippen LogP contribution in [0.5, 0.6) is 0 Å². The van der Waals surface area contributed by atoms with Gasteiger partial charge in [0.2, 0.25) is 0 Å². The Morgan fingerprint density at radius 1 is 1.00 bits per heavy atom. The Hall–Kier alpha value is -2.34. The monoisotopic (exact) mass is 354 g/mol. The molecule has 0 atom stereocenters. The second-order valence-electron chi connectivity index (χ2n) is 7.42. The van der Waals surface area contributed by atoms with E-state index in [4.69, 9.17) is 0 Å². The molecule has 1 N–H and O–H groups in total. The lowest BCUT2D eigenvalue weighted by atomic mass is 10.3. The van der Waals surface area contributed by atoms with Crippen LogP contribution < -0.4 is 15.4 Å². The molecule has 1 aromatic carbocycles. The molecular formula is C19H26N4OSi. The summed E-state index contributed by atoms with van der Waals surface area (Å²) >= 11 is 0. The summed E-state index contributed by atoms with van der Waals surface area (Å²) in [5, 5.41) is 4.41. The fraction of sp³-hybridized carbons (Fsp3) is 0.368. The van der Waals surface area contributed by atoms with Crippen molar-refractivity contribution in [3.05, 3.63) is 48.7 Å². The van der Waals surface area contributed by atoms with Gasteiger partial charge < -0.3 is 15.1 Å². The topological polar surface area (TPSA) is 48.5 Å². The lowest BCUT2D eigenvalue weighted by Gasteiger charge is -2.35. The molecule has 5 nitrogen and oxygen atoms in total. The third-order valence-electron chi connectivity index (χ3n) is 4.54. The van der Waals surface area contributed by atoms with Gasteiger partial charge in [0.25, 0.3) is 0 Å². The molecule has 1 aromatic heterocycles. The zero-order valence-corrected chi connectivity index (χ0v) is 16.2. The molecule has 0 spiro atoms. The molecule has 6 heteroatoms. The van der Waals surface area contributed by atoms with Crippen LogP contribution in [0.25, 0.3) is 0 Å². The number of benzene rings is 1. The van der Waals surface area contributed by atoms with Gasteiger partial charge in [-0.3, -0.25) is 0 Å². The van der Waals surface area contributed by atoms with E-state index in [0.717, 1.165) is 24.6 Å². The van der Waals surface area contributed by atoms with Gasteiger partial charge in [-0.15, -0.1) is 0 Å². The second-order valence-corrected chi connectivity index (χ2v) is 12.5. The molecule has 1 fully saturated rings. The highest BCUT2D eigenvalue weighted by atomic mass is 28.3. The largest absolute Gasteiger partial charge is 0.353 e. The zero-order chi connectivity index (χ0) is 17.9. The van der Waals surface area contributed by atoms with Crippen molar-refractivity contribution in [3.63, 3.8) is 0 Å². The van der Waals surface area contributed by atoms with Crippen LogP contribution in [0.3, 0.4) is 0 Å². The van der Waals surface area contributed by atoms with Crippen molar-refractivity contribution >= 4 is 30.8 Å². The first-order valence-corrected chi connectivity index (χ1v) is 12.3. The average molecular weight is 355 g/mol. The molecule has 1 aliphatic rings. The molecule has 25 heavy (non-hydrogen) atoms. The summed E-state index contributed by atoms with van der Waals surface area (Å²) in [5.41, 5.74) is 0.860. The minimum atomic E-state index is -1.30. The number of urea groups is 1. The molecule has 0 radical (unpaired) electrons. The van der Waals surface area contributed by atoms with Crippen LogP contribution in [0, 0.1) is 0 Å². The number of carbonyl (C=O) groups excluding carboxylic acids is 1. The summed E-state index contributed by atoms with van der Waals surface area (Å²) in [6.45, 7) is 9.98. The number of piperazine rings is 1. The Morgan fingerprint density at radius 3 is 2.24 bits per heavy atom. The molecule has 2 amide bonds. The molecule has 2 aromatic rings. The van der Waals surface area contributed by atoms with Crippen LogP contribution in [-0.2, 0) is 0 Å². The minimum absolute atomic E-state index is 0.0265. The highest BCUT2D eigenvalue weighted by molar-refractivity contribution is 6.88. The number of anilines is 2. The lowest BCUT2D eigenvalue weighted by Crippen LogP contribution is -2.50. The Labute approximate surface area is 150 Å². The summed E-state index contributed by atoms with van der Waals surface area (Å²) in [7, 11) is -1.30. The highest BCUT2D eigenvalue weighted by Crippen LogP contribution is 2.14. The Balaban J connectivity index is 1.54. The van der Waals surface area contributed by atoms with E-state index in [1.54, 1.807) is 6.20 Å². The van der Waals surface area contributed by atoms with Gasteiger partial charge in [0.05, 0.1) is 8.07 Å². The van der Waals surface area contributed by atoms with Crippen LogP contribution in [0.15, 0.2) is 48.7 Å². The number of nitrogens with zero attached hydrogens (tertiary/aromatic N) is 3. The maximum Gasteiger partial charge on any atom is 0.321 e. The van der Waals surface area contributed by atoms with Crippen molar-refractivity contribution in [2.45, 2.75) is 19.6 Å². The summed E-state index contributed by atoms with van der Waals surface area (Å²) < 4.78 is 0. The number of carbonyl (C=O) groups is 1. The van der Waals surface area contributed by atoms with E-state index in [0.29, 0.717) is 13.1 Å². The first kappa shape index (κ1) is 17.5. The minimum Gasteiger partial charge on any atom is -0.353 e. The van der Waals surface area contributed by atoms with Gasteiger partial charge >= 0.3 is 6.03 Å². The normalized spacial score (nSPS) is 15.2. The number of hydrogen-bond acceptors (Lipinski definition) is 3. The second kappa shape index (κ2) is 7.27. The van der Waals surface area contributed by atoms with Crippen LogP contribution in [0.1, 0.15) is 0 Å². The first-order valence-electron chi connectivity index (χ1n) is 8.76. The smallest absolute Gasteiger partial charge is 0.321 e. The van der Waals surface area contributed by atoms with Crippen LogP contribution in [0.2, 0.25) is 19.6 Å². The summed E-state index contributed by atoms with van der Waals surface area (Å²) in [6, 6.07) is 14.2. The molecular weight excluding hydrogens is 328 g/mol. The molecule has 3 rings (SSSR count). The van der Waals surface area contributed by atoms with Gasteiger partial charge in [-0.25, -0.2) is 9.78 Å². The van der Waals surface area contributed by atoms with Crippen LogP contribution in [0.4, 0.5) is 16.3 Å². The molecule has 0 unspecified atom stereocenters. The Kier molecular flexibility index (Phi) is 5.08. The van der Waals surface area contributed by atoms with Gasteiger partial charge in [-0.1, -0.05) is 43.0 Å². The van der Waals surface area contributed by atoms with E-state index in [-0.39, 0.29) is 6.03 Å². The summed E-state index contributed by atoms with van der Waals surface area (Å²) in [5.74, 6) is 0.976. The Morgan fingerprint density at radius 2 is 1.68 bits per heavy atom. The fourth-order valence-electron chi connectivity index (χ4n) is 2.94. The molecule has 0 bridgehead atoms. The first-order chi connectivity index (χ1) is 11.9. The van der Waals surface area contributed by atoms with Crippen molar-refractivity contribution in [1.29, 1.82) is 0 Å². The predicted molar refractivity (Wildman–Crippen MR) is 106 cm³/mol. The SMILES string of the molecule is C[Si](C)(C)c1ccc(NC(=O)N2CCN(c3ccccn3)CC2)cc1. The van der Waals surface area contributed by atoms with Gasteiger partial charge in [-0.05, 0) is 24.3 Å². The quantitative estimate of drug-likeness (QED) is 0.862. The fourth-order valence-corrected chi connectivity index (χ4v) is 4.10. The van der Waals surface area contributed by atoms with Crippen molar-refractivity contribution in [3.8, 4) is 0 Å². The summed E-state index contributed by atoms with van der Waals surface area (Å²) in [6.07, 6.45) is 1.80. The maximum atomic E-state index is 12.5. The third kappa shape index (κ3) is 4.39. The standard InChI is InChI=1S/C19H26N4OSi/c1-25(2,3)17-9-7-16(8-10-17)21-19(24)23-14-12-22(13-15-23)18-6-4-5-11-20-18/h4-11H,12-15H2,1-3H3,(H,21,24). The Bertz CT molecular complexity index is 704. The van der Waals surface area contributed by atoms with E-state index in [2.05, 4.69) is 47.0 Å². The van der Waals surface area contributed by atoms with Crippen LogP contribution >= 0.6 is 0 Å². The van der Waals surface area contributed by atoms with Gasteiger partial charge in [0.15, 0.2) is 0 Å². The highest BCUT2D eigenvalue weighted by Gasteiger charge is 2.22. The zero-order valence-electron chi connectivity index (χ0n) is 15.2. The van der Waals surface area contributed by atoms with Crippen molar-refractivity contribution < 1.29 is 4.79 Å². The summed E-state index contributed by atoms with van der Waals surface area (Å²) in [4.78, 5) is 20.9. The number of nitrogens with one attached hydrogen (secondary N) is 1.